The van der Waals surface area contributed by atoms with E-state index in [1.807, 2.05) is 0 Å². The summed E-state index contributed by atoms with van der Waals surface area (Å²) < 4.78 is 0. The topological polar surface area (TPSA) is 52.5 Å². The van der Waals surface area contributed by atoms with Crippen molar-refractivity contribution in [3.63, 3.8) is 0 Å². The van der Waals surface area contributed by atoms with Gasteiger partial charge in [-0.2, -0.15) is 0 Å². The summed E-state index contributed by atoms with van der Waals surface area (Å²) in [6, 6.07) is 0. The van der Waals surface area contributed by atoms with Gasteiger partial charge < -0.3 is 15.5 Å². The van der Waals surface area contributed by atoms with Gasteiger partial charge in [0.2, 0.25) is 0 Å². The van der Waals surface area contributed by atoms with Gasteiger partial charge in [-0.3, -0.25) is 0 Å². The van der Waals surface area contributed by atoms with E-state index in [9.17, 15) is 10.2 Å². The van der Waals surface area contributed by atoms with Crippen molar-refractivity contribution in [2.45, 2.75) is 104 Å². The van der Waals surface area contributed by atoms with E-state index in [2.05, 4.69) is 39.1 Å². The van der Waals surface area contributed by atoms with Crippen LogP contribution in [0.15, 0.2) is 11.6 Å². The molecule has 3 N–H and O–H groups in total. The lowest BCUT2D eigenvalue weighted by Gasteiger charge is -2.59. The van der Waals surface area contributed by atoms with E-state index in [4.69, 9.17) is 0 Å². The largest absolute Gasteiger partial charge is 0.393 e. The Morgan fingerprint density at radius 3 is 2.66 bits per heavy atom. The molecule has 0 spiro atoms. The maximum Gasteiger partial charge on any atom is 0.0625 e. The first-order valence-corrected chi connectivity index (χ1v) is 12.5. The maximum absolute atomic E-state index is 11.1. The van der Waals surface area contributed by atoms with Gasteiger partial charge in [0.1, 0.15) is 0 Å². The second kappa shape index (κ2) is 7.95. The summed E-state index contributed by atoms with van der Waals surface area (Å²) in [6.07, 6.45) is 14.1. The zero-order valence-corrected chi connectivity index (χ0v) is 19.3. The van der Waals surface area contributed by atoms with Gasteiger partial charge in [0.05, 0.1) is 11.7 Å². The Kier molecular flexibility index (Phi) is 5.99. The molecule has 166 valence electrons. The molecule has 0 bridgehead atoms. The van der Waals surface area contributed by atoms with Gasteiger partial charge in [0, 0.05) is 6.54 Å². The predicted molar refractivity (Wildman–Crippen MR) is 120 cm³/mol. The Balaban J connectivity index is 1.62. The molecule has 29 heavy (non-hydrogen) atoms. The van der Waals surface area contributed by atoms with Crippen LogP contribution in [-0.2, 0) is 0 Å². The molecular formula is C26H45NO2. The molecule has 3 fully saturated rings. The number of hydrogen-bond donors (Lipinski definition) is 3. The van der Waals surface area contributed by atoms with Crippen molar-refractivity contribution in [1.29, 1.82) is 0 Å². The summed E-state index contributed by atoms with van der Waals surface area (Å²) in [5.41, 5.74) is 1.52. The summed E-state index contributed by atoms with van der Waals surface area (Å²) >= 11 is 0. The maximum atomic E-state index is 11.1. The molecule has 0 aliphatic heterocycles. The molecular weight excluding hydrogens is 358 g/mol. The summed E-state index contributed by atoms with van der Waals surface area (Å²) in [5.74, 6) is 2.66. The van der Waals surface area contributed by atoms with E-state index in [0.717, 1.165) is 50.1 Å². The number of aliphatic hydroxyl groups is 2. The fourth-order valence-electron chi connectivity index (χ4n) is 8.47. The molecule has 4 aliphatic rings. The number of aliphatic hydroxyl groups excluding tert-OH is 1. The van der Waals surface area contributed by atoms with Crippen molar-refractivity contribution in [1.82, 2.24) is 5.32 Å². The molecule has 0 amide bonds. The lowest BCUT2D eigenvalue weighted by molar-refractivity contribution is -0.102. The van der Waals surface area contributed by atoms with Crippen molar-refractivity contribution in [3.05, 3.63) is 11.6 Å². The Morgan fingerprint density at radius 1 is 1.14 bits per heavy atom. The average molecular weight is 404 g/mol. The highest BCUT2D eigenvalue weighted by molar-refractivity contribution is 5.26. The minimum Gasteiger partial charge on any atom is -0.393 e. The number of fused-ring (bicyclic) bond motifs is 5. The molecule has 0 aromatic carbocycles. The fourth-order valence-corrected chi connectivity index (χ4v) is 8.47. The zero-order chi connectivity index (χ0) is 20.9. The molecule has 0 heterocycles. The summed E-state index contributed by atoms with van der Waals surface area (Å²) in [7, 11) is 0. The van der Waals surface area contributed by atoms with Crippen molar-refractivity contribution >= 4 is 0 Å². The number of allylic oxidation sites excluding steroid dienone is 1. The van der Waals surface area contributed by atoms with E-state index in [-0.39, 0.29) is 11.5 Å². The Morgan fingerprint density at radius 2 is 1.93 bits per heavy atom. The first-order chi connectivity index (χ1) is 13.7. The van der Waals surface area contributed by atoms with Crippen LogP contribution in [0.3, 0.4) is 0 Å². The van der Waals surface area contributed by atoms with Gasteiger partial charge in [-0.25, -0.2) is 0 Å². The standard InChI is InChI=1S/C26H45NO2/c1-5-6-15-27-17-26-14-12-21-20(22(26)9-10-23(26)24(2,3)29)8-7-18-16-19(28)11-13-25(18,21)4/h7,19-23,27-29H,5-6,8-17H2,1-4H3/t19-,20+,21-,22-,23+,25-,26+/m0/s1. The average Bonchev–Trinajstić information content (AvgIpc) is 3.06. The summed E-state index contributed by atoms with van der Waals surface area (Å²) in [5, 5.41) is 25.2. The quantitative estimate of drug-likeness (QED) is 0.429. The van der Waals surface area contributed by atoms with Crippen LogP contribution in [0.2, 0.25) is 0 Å². The predicted octanol–water partition coefficient (Wildman–Crippen LogP) is 5.07. The van der Waals surface area contributed by atoms with Crippen LogP contribution in [0.5, 0.6) is 0 Å². The van der Waals surface area contributed by atoms with E-state index in [1.54, 1.807) is 5.57 Å². The summed E-state index contributed by atoms with van der Waals surface area (Å²) in [6.45, 7) is 11.1. The van der Waals surface area contributed by atoms with Gasteiger partial charge >= 0.3 is 0 Å². The van der Waals surface area contributed by atoms with Crippen molar-refractivity contribution < 1.29 is 10.2 Å². The minimum atomic E-state index is -0.595. The molecule has 3 heteroatoms. The first-order valence-electron chi connectivity index (χ1n) is 12.5. The number of rotatable bonds is 6. The van der Waals surface area contributed by atoms with Crippen LogP contribution in [0.25, 0.3) is 0 Å². The lowest BCUT2D eigenvalue weighted by atomic mass is 9.46. The van der Waals surface area contributed by atoms with Gasteiger partial charge in [0.25, 0.3) is 0 Å². The molecule has 7 atom stereocenters. The third-order valence-corrected chi connectivity index (χ3v) is 9.81. The van der Waals surface area contributed by atoms with Crippen LogP contribution < -0.4 is 5.32 Å². The van der Waals surface area contributed by atoms with Crippen molar-refractivity contribution in [3.8, 4) is 0 Å². The van der Waals surface area contributed by atoms with Crippen LogP contribution in [0, 0.1) is 34.5 Å². The molecule has 3 nitrogen and oxygen atoms in total. The fraction of sp³-hybridized carbons (Fsp3) is 0.923. The van der Waals surface area contributed by atoms with Crippen molar-refractivity contribution in [2.24, 2.45) is 34.5 Å². The van der Waals surface area contributed by atoms with Gasteiger partial charge in [-0.05, 0) is 113 Å². The van der Waals surface area contributed by atoms with Gasteiger partial charge in [0.15, 0.2) is 0 Å². The van der Waals surface area contributed by atoms with Crippen LogP contribution in [0.1, 0.15) is 91.9 Å². The number of nitrogens with one attached hydrogen (secondary N) is 1. The second-order valence-corrected chi connectivity index (χ2v) is 11.7. The number of hydrogen-bond acceptors (Lipinski definition) is 3. The highest BCUT2D eigenvalue weighted by Crippen LogP contribution is 2.67. The lowest BCUT2D eigenvalue weighted by Crippen LogP contribution is -2.56. The van der Waals surface area contributed by atoms with Crippen LogP contribution in [0.4, 0.5) is 0 Å². The molecule has 0 saturated heterocycles. The SMILES string of the molecule is CCCCNC[C@]12CC[C@H]3[C@@H](CC=C4C[C@@H](O)CC[C@@]43C)[C@@H]1CC[C@@H]2C(C)(C)O. The Hall–Kier alpha value is -0.380. The van der Waals surface area contributed by atoms with E-state index < -0.39 is 5.60 Å². The number of unbranched alkanes of at least 4 members (excludes halogenated alkanes) is 1. The van der Waals surface area contributed by atoms with Crippen LogP contribution >= 0.6 is 0 Å². The zero-order valence-electron chi connectivity index (χ0n) is 19.3. The van der Waals surface area contributed by atoms with E-state index in [0.29, 0.717) is 11.3 Å². The normalized spacial score (nSPS) is 44.6. The monoisotopic (exact) mass is 403 g/mol. The highest BCUT2D eigenvalue weighted by atomic mass is 16.3. The Labute approximate surface area is 178 Å². The van der Waals surface area contributed by atoms with Gasteiger partial charge in [-0.15, -0.1) is 0 Å². The van der Waals surface area contributed by atoms with Crippen LogP contribution in [-0.4, -0.2) is 35.0 Å². The van der Waals surface area contributed by atoms with E-state index >= 15 is 0 Å². The molecule has 0 aromatic heterocycles. The second-order valence-electron chi connectivity index (χ2n) is 11.7. The van der Waals surface area contributed by atoms with Crippen molar-refractivity contribution in [2.75, 3.05) is 13.1 Å². The van der Waals surface area contributed by atoms with Gasteiger partial charge in [-0.1, -0.05) is 31.9 Å². The molecule has 3 saturated carbocycles. The molecule has 4 aliphatic carbocycles. The third-order valence-electron chi connectivity index (χ3n) is 9.81. The minimum absolute atomic E-state index is 0.123. The third kappa shape index (κ3) is 3.64. The smallest absolute Gasteiger partial charge is 0.0625 e. The molecule has 0 aromatic rings. The van der Waals surface area contributed by atoms with E-state index in [1.165, 1.54) is 44.9 Å². The molecule has 0 unspecified atom stereocenters. The molecule has 4 rings (SSSR count). The highest BCUT2D eigenvalue weighted by Gasteiger charge is 2.62. The molecule has 0 radical (unpaired) electrons. The summed E-state index contributed by atoms with van der Waals surface area (Å²) in [4.78, 5) is 0. The first kappa shape index (κ1) is 21.8. The Bertz CT molecular complexity index is 623.